The molecule has 4 rings (SSSR count). The van der Waals surface area contributed by atoms with E-state index in [1.165, 1.54) is 45.5 Å². The Morgan fingerprint density at radius 2 is 1.79 bits per heavy atom. The van der Waals surface area contributed by atoms with Gasteiger partial charge >= 0.3 is 0 Å². The number of sulfonamides is 1. The maximum Gasteiger partial charge on any atom is 0.256 e. The monoisotopic (exact) mass is 423 g/mol. The van der Waals surface area contributed by atoms with Gasteiger partial charge in [0.15, 0.2) is 0 Å². The van der Waals surface area contributed by atoms with Crippen LogP contribution in [0.2, 0.25) is 0 Å². The van der Waals surface area contributed by atoms with Gasteiger partial charge in [0.2, 0.25) is 10.0 Å². The Kier molecular flexibility index (Phi) is 5.20. The van der Waals surface area contributed by atoms with Crippen LogP contribution >= 0.6 is 11.3 Å². The molecule has 3 aromatic rings. The molecule has 0 unspecified atom stereocenters. The topological polar surface area (TPSA) is 90.3 Å². The molecule has 0 radical (unpaired) electrons. The van der Waals surface area contributed by atoms with Crippen LogP contribution in [0, 0.1) is 11.3 Å². The molecule has 0 aliphatic carbocycles. The number of carbonyl (C=O) groups excluding carboxylic acids is 1. The Morgan fingerprint density at radius 3 is 2.52 bits per heavy atom. The fraction of sp³-hybridized carbons (Fsp3) is 0.143. The number of thiophene rings is 1. The molecule has 0 spiro atoms. The molecule has 2 heterocycles. The number of benzene rings is 2. The first kappa shape index (κ1) is 19.3. The van der Waals surface area contributed by atoms with Crippen LogP contribution in [0.15, 0.2) is 64.9 Å². The van der Waals surface area contributed by atoms with E-state index in [4.69, 9.17) is 5.26 Å². The van der Waals surface area contributed by atoms with Gasteiger partial charge in [-0.3, -0.25) is 4.79 Å². The van der Waals surface area contributed by atoms with Crippen molar-refractivity contribution in [3.05, 3.63) is 82.2 Å². The Balaban J connectivity index is 1.51. The third-order valence-electron chi connectivity index (χ3n) is 4.86. The number of hydrogen-bond donors (Lipinski definition) is 1. The first-order valence-electron chi connectivity index (χ1n) is 8.95. The van der Waals surface area contributed by atoms with Crippen molar-refractivity contribution in [1.82, 2.24) is 4.31 Å². The molecule has 6 nitrogen and oxygen atoms in total. The SMILES string of the molecule is N#Cc1ccsc1NC(=O)c1ccc(S(=O)(=O)N2CCc3ccccc3C2)cc1. The Labute approximate surface area is 173 Å². The molecule has 8 heteroatoms. The smallest absolute Gasteiger partial charge is 0.256 e. The lowest BCUT2D eigenvalue weighted by atomic mass is 10.0. The molecule has 1 N–H and O–H groups in total. The van der Waals surface area contributed by atoms with Gasteiger partial charge in [0, 0.05) is 18.7 Å². The average Bonchev–Trinajstić information content (AvgIpc) is 3.20. The fourth-order valence-corrected chi connectivity index (χ4v) is 5.42. The molecule has 0 saturated carbocycles. The summed E-state index contributed by atoms with van der Waals surface area (Å²) in [4.78, 5) is 12.6. The average molecular weight is 424 g/mol. The number of rotatable bonds is 4. The van der Waals surface area contributed by atoms with Crippen LogP contribution in [-0.2, 0) is 23.0 Å². The largest absolute Gasteiger partial charge is 0.312 e. The summed E-state index contributed by atoms with van der Waals surface area (Å²) >= 11 is 1.26. The van der Waals surface area contributed by atoms with Crippen molar-refractivity contribution in [2.75, 3.05) is 11.9 Å². The minimum atomic E-state index is -3.65. The number of hydrogen-bond acceptors (Lipinski definition) is 5. The summed E-state index contributed by atoms with van der Waals surface area (Å²) in [7, 11) is -3.65. The first-order valence-corrected chi connectivity index (χ1v) is 11.3. The second-order valence-corrected chi connectivity index (χ2v) is 9.47. The van der Waals surface area contributed by atoms with Crippen LogP contribution in [0.4, 0.5) is 5.00 Å². The van der Waals surface area contributed by atoms with E-state index in [0.717, 1.165) is 5.56 Å². The van der Waals surface area contributed by atoms with Crippen molar-refractivity contribution in [3.8, 4) is 6.07 Å². The summed E-state index contributed by atoms with van der Waals surface area (Å²) < 4.78 is 27.5. The van der Waals surface area contributed by atoms with Crippen LogP contribution in [0.1, 0.15) is 27.0 Å². The molecular weight excluding hydrogens is 406 g/mol. The molecule has 1 aliphatic rings. The summed E-state index contributed by atoms with van der Waals surface area (Å²) in [6, 6.07) is 17.4. The molecule has 0 bridgehead atoms. The first-order chi connectivity index (χ1) is 14.0. The van der Waals surface area contributed by atoms with Gasteiger partial charge in [0.1, 0.15) is 11.1 Å². The zero-order valence-electron chi connectivity index (χ0n) is 15.3. The third-order valence-corrected chi connectivity index (χ3v) is 7.55. The minimum absolute atomic E-state index is 0.155. The Morgan fingerprint density at radius 1 is 1.07 bits per heavy atom. The van der Waals surface area contributed by atoms with Gasteiger partial charge in [-0.15, -0.1) is 11.3 Å². The fourth-order valence-electron chi connectivity index (χ4n) is 3.27. The number of amides is 1. The van der Waals surface area contributed by atoms with Crippen molar-refractivity contribution in [3.63, 3.8) is 0 Å². The summed E-state index contributed by atoms with van der Waals surface area (Å²) in [6.45, 7) is 0.771. The predicted octanol–water partition coefficient (Wildman–Crippen LogP) is 3.62. The second kappa shape index (κ2) is 7.79. The highest BCUT2D eigenvalue weighted by Crippen LogP contribution is 2.26. The van der Waals surface area contributed by atoms with Crippen molar-refractivity contribution < 1.29 is 13.2 Å². The lowest BCUT2D eigenvalue weighted by Crippen LogP contribution is -2.35. The minimum Gasteiger partial charge on any atom is -0.312 e. The number of nitrogens with zero attached hydrogens (tertiary/aromatic N) is 2. The van der Waals surface area contributed by atoms with E-state index in [0.29, 0.717) is 35.6 Å². The van der Waals surface area contributed by atoms with Crippen LogP contribution in [0.3, 0.4) is 0 Å². The molecule has 0 saturated heterocycles. The number of anilines is 1. The standard InChI is InChI=1S/C21H17N3O3S2/c22-13-17-10-12-28-21(17)23-20(25)16-5-7-19(8-6-16)29(26,27)24-11-9-15-3-1-2-4-18(15)14-24/h1-8,10,12H,9,11,14H2,(H,23,25). The lowest BCUT2D eigenvalue weighted by Gasteiger charge is -2.28. The summed E-state index contributed by atoms with van der Waals surface area (Å²) in [6.07, 6.45) is 0.679. The van der Waals surface area contributed by atoms with E-state index in [2.05, 4.69) is 5.32 Å². The van der Waals surface area contributed by atoms with E-state index in [9.17, 15) is 13.2 Å². The third kappa shape index (κ3) is 3.80. The van der Waals surface area contributed by atoms with Crippen LogP contribution in [0.25, 0.3) is 0 Å². The maximum atomic E-state index is 13.0. The lowest BCUT2D eigenvalue weighted by molar-refractivity contribution is 0.102. The van der Waals surface area contributed by atoms with Crippen LogP contribution in [0.5, 0.6) is 0 Å². The zero-order chi connectivity index (χ0) is 20.4. The highest BCUT2D eigenvalue weighted by atomic mass is 32.2. The summed E-state index contributed by atoms with van der Waals surface area (Å²) in [5.74, 6) is -0.389. The highest BCUT2D eigenvalue weighted by Gasteiger charge is 2.28. The Hall–Kier alpha value is -2.99. The summed E-state index contributed by atoms with van der Waals surface area (Å²) in [5.41, 5.74) is 2.91. The molecule has 1 amide bonds. The molecular formula is C21H17N3O3S2. The quantitative estimate of drug-likeness (QED) is 0.694. The molecule has 2 aromatic carbocycles. The summed E-state index contributed by atoms with van der Waals surface area (Å²) in [5, 5.41) is 13.9. The van der Waals surface area contributed by atoms with Crippen LogP contribution in [-0.4, -0.2) is 25.2 Å². The molecule has 1 aromatic heterocycles. The van der Waals surface area contributed by atoms with E-state index < -0.39 is 10.0 Å². The van der Waals surface area contributed by atoms with Crippen molar-refractivity contribution >= 4 is 32.3 Å². The molecule has 1 aliphatic heterocycles. The highest BCUT2D eigenvalue weighted by molar-refractivity contribution is 7.89. The molecule has 146 valence electrons. The molecule has 29 heavy (non-hydrogen) atoms. The van der Waals surface area contributed by atoms with Crippen molar-refractivity contribution in [1.29, 1.82) is 5.26 Å². The predicted molar refractivity (Wildman–Crippen MR) is 111 cm³/mol. The van der Waals surface area contributed by atoms with Gasteiger partial charge < -0.3 is 5.32 Å². The van der Waals surface area contributed by atoms with Gasteiger partial charge in [-0.25, -0.2) is 8.42 Å². The van der Waals surface area contributed by atoms with E-state index in [1.807, 2.05) is 30.3 Å². The number of carbonyl (C=O) groups is 1. The van der Waals surface area contributed by atoms with Gasteiger partial charge in [0.25, 0.3) is 5.91 Å². The van der Waals surface area contributed by atoms with Crippen LogP contribution < -0.4 is 5.32 Å². The van der Waals surface area contributed by atoms with Gasteiger partial charge in [-0.2, -0.15) is 9.57 Å². The molecule has 0 fully saturated rings. The van der Waals surface area contributed by atoms with Gasteiger partial charge in [0.05, 0.1) is 10.5 Å². The van der Waals surface area contributed by atoms with E-state index in [-0.39, 0.29) is 10.8 Å². The van der Waals surface area contributed by atoms with E-state index >= 15 is 0 Å². The zero-order valence-corrected chi connectivity index (χ0v) is 17.0. The molecule has 0 atom stereocenters. The normalized spacial score (nSPS) is 14.0. The number of nitriles is 1. The maximum absolute atomic E-state index is 13.0. The van der Waals surface area contributed by atoms with Crippen molar-refractivity contribution in [2.45, 2.75) is 17.9 Å². The number of fused-ring (bicyclic) bond motifs is 1. The Bertz CT molecular complexity index is 1210. The van der Waals surface area contributed by atoms with E-state index in [1.54, 1.807) is 11.4 Å². The van der Waals surface area contributed by atoms with Crippen molar-refractivity contribution in [2.24, 2.45) is 0 Å². The van der Waals surface area contributed by atoms with Gasteiger partial charge in [-0.05, 0) is 53.3 Å². The second-order valence-electron chi connectivity index (χ2n) is 6.61. The van der Waals surface area contributed by atoms with Gasteiger partial charge in [-0.1, -0.05) is 24.3 Å². The number of nitrogens with one attached hydrogen (secondary N) is 1.